The maximum Gasteiger partial charge on any atom is 0.416 e. The Balaban J connectivity index is 1.79. The highest BCUT2D eigenvalue weighted by atomic mass is 19.4. The second-order valence-electron chi connectivity index (χ2n) is 6.46. The molecule has 1 aliphatic heterocycles. The van der Waals surface area contributed by atoms with Gasteiger partial charge in [0.25, 0.3) is 0 Å². The quantitative estimate of drug-likeness (QED) is 0.686. The fourth-order valence-electron chi connectivity index (χ4n) is 3.36. The van der Waals surface area contributed by atoms with Crippen LogP contribution in [-0.4, -0.2) is 51.4 Å². The molecule has 9 heteroatoms. The van der Waals surface area contributed by atoms with Gasteiger partial charge in [-0.05, 0) is 34.2 Å². The van der Waals surface area contributed by atoms with E-state index in [4.69, 9.17) is 4.74 Å². The number of halogens is 3. The molecule has 1 aliphatic rings. The van der Waals surface area contributed by atoms with Crippen molar-refractivity contribution in [3.8, 4) is 5.69 Å². The first kappa shape index (κ1) is 18.6. The maximum atomic E-state index is 13.1. The second kappa shape index (κ2) is 7.69. The van der Waals surface area contributed by atoms with Crippen LogP contribution in [0.4, 0.5) is 13.2 Å². The molecule has 3 aromatic rings. The highest BCUT2D eigenvalue weighted by Gasteiger charge is 2.32. The predicted molar refractivity (Wildman–Crippen MR) is 94.8 cm³/mol. The third-order valence-corrected chi connectivity index (χ3v) is 4.68. The summed E-state index contributed by atoms with van der Waals surface area (Å²) in [6, 6.07) is 14.4. The van der Waals surface area contributed by atoms with Crippen LogP contribution in [0.5, 0.6) is 0 Å². The number of ether oxygens (including phenoxy) is 1. The Bertz CT molecular complexity index is 923. The van der Waals surface area contributed by atoms with E-state index in [-0.39, 0.29) is 11.7 Å². The first-order chi connectivity index (χ1) is 13.5. The van der Waals surface area contributed by atoms with Crippen LogP contribution in [0.15, 0.2) is 54.6 Å². The molecule has 146 valence electrons. The molecule has 28 heavy (non-hydrogen) atoms. The molecule has 0 bridgehead atoms. The molecule has 1 aromatic heterocycles. The van der Waals surface area contributed by atoms with E-state index in [9.17, 15) is 13.2 Å². The molecule has 1 saturated heterocycles. The lowest BCUT2D eigenvalue weighted by Crippen LogP contribution is -2.40. The minimum Gasteiger partial charge on any atom is -0.379 e. The molecule has 6 nitrogen and oxygen atoms in total. The number of rotatable bonds is 4. The molecule has 0 aliphatic carbocycles. The van der Waals surface area contributed by atoms with E-state index in [0.717, 1.165) is 17.7 Å². The minimum absolute atomic E-state index is 0.268. The van der Waals surface area contributed by atoms with Gasteiger partial charge < -0.3 is 4.74 Å². The smallest absolute Gasteiger partial charge is 0.379 e. The van der Waals surface area contributed by atoms with Gasteiger partial charge in [0.15, 0.2) is 5.82 Å². The second-order valence-corrected chi connectivity index (χ2v) is 6.46. The van der Waals surface area contributed by atoms with Gasteiger partial charge in [0, 0.05) is 13.1 Å². The number of aromatic nitrogens is 4. The number of hydrogen-bond donors (Lipinski definition) is 0. The van der Waals surface area contributed by atoms with Gasteiger partial charge in [-0.3, -0.25) is 4.90 Å². The molecule has 2 heterocycles. The van der Waals surface area contributed by atoms with Gasteiger partial charge in [-0.15, -0.1) is 5.10 Å². The molecule has 0 N–H and O–H groups in total. The van der Waals surface area contributed by atoms with E-state index in [1.807, 2.05) is 30.3 Å². The van der Waals surface area contributed by atoms with Crippen LogP contribution in [0.3, 0.4) is 0 Å². The van der Waals surface area contributed by atoms with Gasteiger partial charge in [0.05, 0.1) is 30.5 Å². The van der Waals surface area contributed by atoms with Crippen LogP contribution in [-0.2, 0) is 10.9 Å². The van der Waals surface area contributed by atoms with Crippen LogP contribution in [0.25, 0.3) is 5.69 Å². The molecule has 0 saturated carbocycles. The predicted octanol–water partition coefficient (Wildman–Crippen LogP) is 3.10. The van der Waals surface area contributed by atoms with Gasteiger partial charge in [0.1, 0.15) is 0 Å². The fourth-order valence-corrected chi connectivity index (χ4v) is 3.36. The molecule has 0 radical (unpaired) electrons. The third kappa shape index (κ3) is 3.76. The van der Waals surface area contributed by atoms with Crippen LogP contribution >= 0.6 is 0 Å². The lowest BCUT2D eigenvalue weighted by Gasteiger charge is -2.33. The zero-order valence-electron chi connectivity index (χ0n) is 14.9. The first-order valence-electron chi connectivity index (χ1n) is 8.87. The van der Waals surface area contributed by atoms with Crippen molar-refractivity contribution in [2.45, 2.75) is 12.2 Å². The van der Waals surface area contributed by atoms with Gasteiger partial charge in [-0.1, -0.05) is 36.4 Å². The summed E-state index contributed by atoms with van der Waals surface area (Å²) in [6.07, 6.45) is -4.44. The van der Waals surface area contributed by atoms with E-state index < -0.39 is 11.7 Å². The molecule has 0 unspecified atom stereocenters. The van der Waals surface area contributed by atoms with Crippen molar-refractivity contribution >= 4 is 0 Å². The number of hydrogen-bond acceptors (Lipinski definition) is 5. The molecule has 4 rings (SSSR count). The average molecular weight is 389 g/mol. The zero-order chi connectivity index (χ0) is 19.6. The highest BCUT2D eigenvalue weighted by molar-refractivity contribution is 5.38. The molecule has 0 spiro atoms. The van der Waals surface area contributed by atoms with Crippen molar-refractivity contribution in [3.63, 3.8) is 0 Å². The number of alkyl halides is 3. The van der Waals surface area contributed by atoms with E-state index in [2.05, 4.69) is 20.4 Å². The molecule has 1 fully saturated rings. The van der Waals surface area contributed by atoms with E-state index in [1.54, 1.807) is 6.07 Å². The van der Waals surface area contributed by atoms with Crippen LogP contribution in [0.2, 0.25) is 0 Å². The number of nitrogens with zero attached hydrogens (tertiary/aromatic N) is 5. The Morgan fingerprint density at radius 3 is 2.43 bits per heavy atom. The SMILES string of the molecule is FC(F)(F)c1cccc(-n2nnnc2[C@H](c2ccccc2)N2CCOCC2)c1. The fraction of sp³-hybridized carbons (Fsp3) is 0.316. The normalized spacial score (nSPS) is 16.8. The zero-order valence-corrected chi connectivity index (χ0v) is 14.9. The van der Waals surface area contributed by atoms with Crippen LogP contribution < -0.4 is 0 Å². The largest absolute Gasteiger partial charge is 0.416 e. The molecule has 1 atom stereocenters. The summed E-state index contributed by atoms with van der Waals surface area (Å²) >= 11 is 0. The third-order valence-electron chi connectivity index (χ3n) is 4.68. The van der Waals surface area contributed by atoms with Crippen molar-refractivity contribution in [1.82, 2.24) is 25.1 Å². The van der Waals surface area contributed by atoms with Crippen molar-refractivity contribution in [2.24, 2.45) is 0 Å². The van der Waals surface area contributed by atoms with Crippen molar-refractivity contribution in [2.75, 3.05) is 26.3 Å². The van der Waals surface area contributed by atoms with Gasteiger partial charge in [-0.25, -0.2) is 0 Å². The summed E-state index contributed by atoms with van der Waals surface area (Å²) in [7, 11) is 0. The summed E-state index contributed by atoms with van der Waals surface area (Å²) in [6.45, 7) is 2.51. The van der Waals surface area contributed by atoms with Crippen molar-refractivity contribution < 1.29 is 17.9 Å². The Morgan fingerprint density at radius 1 is 0.964 bits per heavy atom. The van der Waals surface area contributed by atoms with E-state index >= 15 is 0 Å². The number of morpholine rings is 1. The summed E-state index contributed by atoms with van der Waals surface area (Å²) in [4.78, 5) is 2.18. The molecular weight excluding hydrogens is 371 g/mol. The average Bonchev–Trinajstić information content (AvgIpc) is 3.19. The van der Waals surface area contributed by atoms with E-state index in [0.29, 0.717) is 32.1 Å². The summed E-state index contributed by atoms with van der Waals surface area (Å²) in [5, 5.41) is 11.9. The Hall–Kier alpha value is -2.78. The van der Waals surface area contributed by atoms with E-state index in [1.165, 1.54) is 10.7 Å². The van der Waals surface area contributed by atoms with Gasteiger partial charge in [0.2, 0.25) is 0 Å². The molecule has 2 aromatic carbocycles. The Morgan fingerprint density at radius 2 is 1.71 bits per heavy atom. The molecule has 0 amide bonds. The topological polar surface area (TPSA) is 56.1 Å². The summed E-state index contributed by atoms with van der Waals surface area (Å²) in [5.41, 5.74) is 0.491. The lowest BCUT2D eigenvalue weighted by molar-refractivity contribution is -0.137. The number of tetrazole rings is 1. The summed E-state index contributed by atoms with van der Waals surface area (Å²) in [5.74, 6) is 0.465. The Kier molecular flexibility index (Phi) is 5.10. The van der Waals surface area contributed by atoms with Gasteiger partial charge >= 0.3 is 6.18 Å². The molecular formula is C19H18F3N5O. The van der Waals surface area contributed by atoms with Crippen LogP contribution in [0.1, 0.15) is 23.0 Å². The minimum atomic E-state index is -4.44. The number of benzene rings is 2. The maximum absolute atomic E-state index is 13.1. The monoisotopic (exact) mass is 389 g/mol. The van der Waals surface area contributed by atoms with Gasteiger partial charge in [-0.2, -0.15) is 17.9 Å². The summed E-state index contributed by atoms with van der Waals surface area (Å²) < 4.78 is 46.2. The first-order valence-corrected chi connectivity index (χ1v) is 8.87. The van der Waals surface area contributed by atoms with Crippen molar-refractivity contribution in [1.29, 1.82) is 0 Å². The van der Waals surface area contributed by atoms with Crippen molar-refractivity contribution in [3.05, 3.63) is 71.5 Å². The highest BCUT2D eigenvalue weighted by Crippen LogP contribution is 2.32. The standard InChI is InChI=1S/C19H18F3N5O/c20-19(21,22)15-7-4-8-16(13-15)27-18(23-24-25-27)17(14-5-2-1-3-6-14)26-9-11-28-12-10-26/h1-8,13,17H,9-12H2/t17-/m0/s1. The van der Waals surface area contributed by atoms with Crippen LogP contribution in [0, 0.1) is 0 Å². The Labute approximate surface area is 159 Å². The lowest BCUT2D eigenvalue weighted by atomic mass is 10.0.